The standard InChI is InChI=1S/C11H12N4S/c1-8-3-9(2)15-11(14-8)16-6-10-4-12-7-13-5-10/h3-5,7H,6H2,1-2H3. The van der Waals surface area contributed by atoms with Crippen LogP contribution < -0.4 is 0 Å². The Hall–Kier alpha value is -1.49. The van der Waals surface area contributed by atoms with Crippen molar-refractivity contribution in [1.29, 1.82) is 0 Å². The minimum Gasteiger partial charge on any atom is -0.245 e. The first-order chi connectivity index (χ1) is 7.74. The average molecular weight is 232 g/mol. The van der Waals surface area contributed by atoms with Crippen LogP contribution in [0.15, 0.2) is 29.9 Å². The van der Waals surface area contributed by atoms with E-state index in [1.54, 1.807) is 11.8 Å². The lowest BCUT2D eigenvalue weighted by molar-refractivity contribution is 0.901. The lowest BCUT2D eigenvalue weighted by Crippen LogP contribution is -1.93. The highest BCUT2D eigenvalue weighted by molar-refractivity contribution is 7.98. The van der Waals surface area contributed by atoms with Gasteiger partial charge in [-0.2, -0.15) is 0 Å². The Morgan fingerprint density at radius 1 is 1.06 bits per heavy atom. The van der Waals surface area contributed by atoms with E-state index in [1.165, 1.54) is 6.33 Å². The van der Waals surface area contributed by atoms with Crippen LogP contribution in [-0.4, -0.2) is 19.9 Å². The van der Waals surface area contributed by atoms with Gasteiger partial charge >= 0.3 is 0 Å². The van der Waals surface area contributed by atoms with Crippen LogP contribution in [0.3, 0.4) is 0 Å². The number of hydrogen-bond acceptors (Lipinski definition) is 5. The van der Waals surface area contributed by atoms with E-state index in [4.69, 9.17) is 0 Å². The summed E-state index contributed by atoms with van der Waals surface area (Å²) in [6, 6.07) is 1.97. The van der Waals surface area contributed by atoms with Crippen molar-refractivity contribution in [2.75, 3.05) is 0 Å². The Kier molecular flexibility index (Phi) is 3.46. The smallest absolute Gasteiger partial charge is 0.188 e. The van der Waals surface area contributed by atoms with Gasteiger partial charge < -0.3 is 0 Å². The summed E-state index contributed by atoms with van der Waals surface area (Å²) in [4.78, 5) is 16.7. The number of thioether (sulfide) groups is 1. The molecule has 5 heteroatoms. The third kappa shape index (κ3) is 3.00. The number of nitrogens with zero attached hydrogens (tertiary/aromatic N) is 4. The normalized spacial score (nSPS) is 10.4. The second kappa shape index (κ2) is 5.03. The van der Waals surface area contributed by atoms with Gasteiger partial charge in [-0.05, 0) is 25.5 Å². The highest BCUT2D eigenvalue weighted by Crippen LogP contribution is 2.18. The van der Waals surface area contributed by atoms with E-state index in [-0.39, 0.29) is 0 Å². The SMILES string of the molecule is Cc1cc(C)nc(SCc2cncnc2)n1. The zero-order valence-electron chi connectivity index (χ0n) is 9.21. The van der Waals surface area contributed by atoms with Crippen LogP contribution in [0.4, 0.5) is 0 Å². The quantitative estimate of drug-likeness (QED) is 0.599. The summed E-state index contributed by atoms with van der Waals surface area (Å²) in [5, 5.41) is 0.807. The summed E-state index contributed by atoms with van der Waals surface area (Å²) in [7, 11) is 0. The van der Waals surface area contributed by atoms with Gasteiger partial charge in [0.2, 0.25) is 0 Å². The monoisotopic (exact) mass is 232 g/mol. The molecule has 0 aliphatic heterocycles. The predicted octanol–water partition coefficient (Wildman–Crippen LogP) is 2.18. The molecule has 2 rings (SSSR count). The first kappa shape index (κ1) is 11.0. The number of aryl methyl sites for hydroxylation is 2. The van der Waals surface area contributed by atoms with Gasteiger partial charge in [0.05, 0.1) is 0 Å². The van der Waals surface area contributed by atoms with Gasteiger partial charge in [0.25, 0.3) is 0 Å². The van der Waals surface area contributed by atoms with Gasteiger partial charge in [0.15, 0.2) is 5.16 Å². The molecule has 0 fully saturated rings. The predicted molar refractivity (Wildman–Crippen MR) is 63.1 cm³/mol. The fraction of sp³-hybridized carbons (Fsp3) is 0.273. The van der Waals surface area contributed by atoms with Crippen molar-refractivity contribution < 1.29 is 0 Å². The van der Waals surface area contributed by atoms with Crippen molar-refractivity contribution in [3.8, 4) is 0 Å². The van der Waals surface area contributed by atoms with Crippen molar-refractivity contribution in [2.24, 2.45) is 0 Å². The van der Waals surface area contributed by atoms with Crippen molar-refractivity contribution in [3.63, 3.8) is 0 Å². The third-order valence-corrected chi connectivity index (χ3v) is 2.86. The van der Waals surface area contributed by atoms with Gasteiger partial charge in [-0.25, -0.2) is 19.9 Å². The molecule has 16 heavy (non-hydrogen) atoms. The van der Waals surface area contributed by atoms with Crippen LogP contribution in [0.5, 0.6) is 0 Å². The Bertz CT molecular complexity index is 452. The second-order valence-corrected chi connectivity index (χ2v) is 4.41. The highest BCUT2D eigenvalue weighted by atomic mass is 32.2. The maximum absolute atomic E-state index is 4.36. The summed E-state index contributed by atoms with van der Waals surface area (Å²) < 4.78 is 0. The molecule has 0 saturated heterocycles. The van der Waals surface area contributed by atoms with Crippen LogP contribution in [0.2, 0.25) is 0 Å². The molecule has 0 atom stereocenters. The van der Waals surface area contributed by atoms with E-state index in [1.807, 2.05) is 32.3 Å². The summed E-state index contributed by atoms with van der Waals surface area (Å²) >= 11 is 1.60. The topological polar surface area (TPSA) is 51.6 Å². The maximum atomic E-state index is 4.36. The molecular weight excluding hydrogens is 220 g/mol. The summed E-state index contributed by atoms with van der Waals surface area (Å²) in [5.41, 5.74) is 3.08. The van der Waals surface area contributed by atoms with Crippen LogP contribution in [0, 0.1) is 13.8 Å². The first-order valence-electron chi connectivity index (χ1n) is 4.93. The van der Waals surface area contributed by atoms with Gasteiger partial charge in [0, 0.05) is 29.5 Å². The van der Waals surface area contributed by atoms with E-state index < -0.39 is 0 Å². The maximum Gasteiger partial charge on any atom is 0.188 e. The van der Waals surface area contributed by atoms with E-state index in [0.29, 0.717) is 0 Å². The number of aromatic nitrogens is 4. The van der Waals surface area contributed by atoms with Gasteiger partial charge in [-0.3, -0.25) is 0 Å². The number of hydrogen-bond donors (Lipinski definition) is 0. The van der Waals surface area contributed by atoms with Gasteiger partial charge in [-0.1, -0.05) is 11.8 Å². The molecule has 82 valence electrons. The summed E-state index contributed by atoms with van der Waals surface area (Å²) in [6.07, 6.45) is 5.15. The molecule has 0 bridgehead atoms. The minimum absolute atomic E-state index is 0.795. The van der Waals surface area contributed by atoms with Crippen LogP contribution in [0.1, 0.15) is 17.0 Å². The number of rotatable bonds is 3. The van der Waals surface area contributed by atoms with Crippen molar-refractivity contribution >= 4 is 11.8 Å². The summed E-state index contributed by atoms with van der Waals surface area (Å²) in [5.74, 6) is 0.795. The van der Waals surface area contributed by atoms with Crippen LogP contribution in [0.25, 0.3) is 0 Å². The molecule has 2 aromatic rings. The Morgan fingerprint density at radius 2 is 1.69 bits per heavy atom. The van der Waals surface area contributed by atoms with E-state index in [2.05, 4.69) is 19.9 Å². The van der Waals surface area contributed by atoms with Gasteiger partial charge in [0.1, 0.15) is 6.33 Å². The average Bonchev–Trinajstić information content (AvgIpc) is 2.27. The van der Waals surface area contributed by atoms with Crippen molar-refractivity contribution in [2.45, 2.75) is 24.8 Å². The first-order valence-corrected chi connectivity index (χ1v) is 5.91. The second-order valence-electron chi connectivity index (χ2n) is 3.47. The van der Waals surface area contributed by atoms with E-state index in [0.717, 1.165) is 27.9 Å². The molecule has 0 amide bonds. The fourth-order valence-electron chi connectivity index (χ4n) is 1.31. The van der Waals surface area contributed by atoms with E-state index >= 15 is 0 Å². The zero-order valence-corrected chi connectivity index (χ0v) is 10.0. The molecule has 0 aliphatic carbocycles. The van der Waals surface area contributed by atoms with E-state index in [9.17, 15) is 0 Å². The summed E-state index contributed by atoms with van der Waals surface area (Å²) in [6.45, 7) is 3.95. The fourth-order valence-corrected chi connectivity index (χ4v) is 2.17. The molecule has 0 aliphatic rings. The molecule has 2 heterocycles. The lowest BCUT2D eigenvalue weighted by atomic mass is 10.4. The molecule has 0 spiro atoms. The lowest BCUT2D eigenvalue weighted by Gasteiger charge is -2.02. The molecule has 2 aromatic heterocycles. The Labute approximate surface area is 98.6 Å². The molecule has 0 saturated carbocycles. The Balaban J connectivity index is 2.05. The molecule has 0 aromatic carbocycles. The Morgan fingerprint density at radius 3 is 2.31 bits per heavy atom. The van der Waals surface area contributed by atoms with Crippen molar-refractivity contribution in [1.82, 2.24) is 19.9 Å². The van der Waals surface area contributed by atoms with Crippen molar-refractivity contribution in [3.05, 3.63) is 41.7 Å². The largest absolute Gasteiger partial charge is 0.245 e. The van der Waals surface area contributed by atoms with Crippen LogP contribution >= 0.6 is 11.8 Å². The zero-order chi connectivity index (χ0) is 11.4. The molecular formula is C11H12N4S. The third-order valence-electron chi connectivity index (χ3n) is 1.94. The van der Waals surface area contributed by atoms with Crippen LogP contribution in [-0.2, 0) is 5.75 Å². The molecule has 0 N–H and O–H groups in total. The molecule has 4 nitrogen and oxygen atoms in total. The minimum atomic E-state index is 0.795. The molecule has 0 unspecified atom stereocenters. The molecule has 0 radical (unpaired) electrons. The highest BCUT2D eigenvalue weighted by Gasteiger charge is 2.01. The van der Waals surface area contributed by atoms with Gasteiger partial charge in [-0.15, -0.1) is 0 Å².